The number of pyridine rings is 1. The summed E-state index contributed by atoms with van der Waals surface area (Å²) in [4.78, 5) is 16.5. The summed E-state index contributed by atoms with van der Waals surface area (Å²) < 4.78 is 19.2. The minimum Gasteiger partial charge on any atom is -0.376 e. The fourth-order valence-corrected chi connectivity index (χ4v) is 2.49. The first-order valence-corrected chi connectivity index (χ1v) is 7.60. The lowest BCUT2D eigenvalue weighted by Gasteiger charge is -2.13. The number of carbonyl (C=O) groups excluding carboxylic acids is 1. The van der Waals surface area contributed by atoms with Gasteiger partial charge in [0.25, 0.3) is 5.91 Å². The summed E-state index contributed by atoms with van der Waals surface area (Å²) in [5, 5.41) is 5.72. The quantitative estimate of drug-likeness (QED) is 0.890. The van der Waals surface area contributed by atoms with Crippen molar-refractivity contribution in [1.29, 1.82) is 0 Å². The smallest absolute Gasteiger partial charge is 0.255 e. The predicted molar refractivity (Wildman–Crippen MR) is 85.2 cm³/mol. The van der Waals surface area contributed by atoms with Crippen LogP contribution in [0, 0.1) is 5.82 Å². The van der Waals surface area contributed by atoms with Crippen LogP contribution in [0.5, 0.6) is 0 Å². The number of nitrogens with one attached hydrogen (secondary N) is 2. The lowest BCUT2D eigenvalue weighted by atomic mass is 10.2. The zero-order valence-electron chi connectivity index (χ0n) is 12.6. The minimum absolute atomic E-state index is 0.0681. The van der Waals surface area contributed by atoms with E-state index in [0.29, 0.717) is 17.9 Å². The minimum atomic E-state index is -0.399. The Kier molecular flexibility index (Phi) is 4.83. The first-order valence-electron chi connectivity index (χ1n) is 7.60. The fraction of sp³-hybridized carbons (Fsp3) is 0.294. The molecule has 1 aliphatic rings. The highest BCUT2D eigenvalue weighted by atomic mass is 19.1. The summed E-state index contributed by atoms with van der Waals surface area (Å²) in [6.45, 7) is 1.21. The molecule has 1 saturated heterocycles. The van der Waals surface area contributed by atoms with Crippen molar-refractivity contribution in [2.45, 2.75) is 18.9 Å². The van der Waals surface area contributed by atoms with Gasteiger partial charge in [-0.3, -0.25) is 4.79 Å². The van der Waals surface area contributed by atoms with Gasteiger partial charge in [-0.2, -0.15) is 0 Å². The number of aromatic nitrogens is 1. The fourth-order valence-electron chi connectivity index (χ4n) is 2.49. The molecule has 1 amide bonds. The molecule has 2 aromatic rings. The number of hydrogen-bond donors (Lipinski definition) is 2. The Morgan fingerprint density at radius 3 is 2.96 bits per heavy atom. The number of anilines is 2. The molecule has 1 fully saturated rings. The topological polar surface area (TPSA) is 63.2 Å². The van der Waals surface area contributed by atoms with E-state index in [-0.39, 0.29) is 17.7 Å². The summed E-state index contributed by atoms with van der Waals surface area (Å²) in [7, 11) is 0. The summed E-state index contributed by atoms with van der Waals surface area (Å²) >= 11 is 0. The van der Waals surface area contributed by atoms with Crippen LogP contribution in [-0.4, -0.2) is 30.1 Å². The van der Waals surface area contributed by atoms with Crippen LogP contribution in [0.15, 0.2) is 42.6 Å². The molecule has 1 aromatic heterocycles. The van der Waals surface area contributed by atoms with Crippen LogP contribution in [0.2, 0.25) is 0 Å². The van der Waals surface area contributed by atoms with Crippen molar-refractivity contribution in [2.24, 2.45) is 0 Å². The highest BCUT2D eigenvalue weighted by Gasteiger charge is 2.18. The standard InChI is InChI=1S/C17H18FN3O2/c18-14-7-1-2-8-15(14)21-16-13(6-3-9-19-16)17(22)20-11-12-5-4-10-23-12/h1-3,6-9,12H,4-5,10-11H2,(H,19,21)(H,20,22)/t12-/m0/s1. The second-order valence-corrected chi connectivity index (χ2v) is 5.35. The highest BCUT2D eigenvalue weighted by molar-refractivity contribution is 5.99. The average molecular weight is 315 g/mol. The van der Waals surface area contributed by atoms with Gasteiger partial charge in [-0.25, -0.2) is 9.37 Å². The molecule has 2 N–H and O–H groups in total. The first-order chi connectivity index (χ1) is 11.2. The van der Waals surface area contributed by atoms with Crippen LogP contribution < -0.4 is 10.6 Å². The van der Waals surface area contributed by atoms with Gasteiger partial charge >= 0.3 is 0 Å². The van der Waals surface area contributed by atoms with Crippen LogP contribution in [0.1, 0.15) is 23.2 Å². The van der Waals surface area contributed by atoms with Crippen LogP contribution in [-0.2, 0) is 4.74 Å². The molecule has 120 valence electrons. The number of hydrogen-bond acceptors (Lipinski definition) is 4. The largest absolute Gasteiger partial charge is 0.376 e. The summed E-state index contributed by atoms with van der Waals surface area (Å²) in [5.74, 6) is -0.334. The molecule has 0 unspecified atom stereocenters. The van der Waals surface area contributed by atoms with Gasteiger partial charge < -0.3 is 15.4 Å². The third-order valence-corrected chi connectivity index (χ3v) is 3.69. The van der Waals surface area contributed by atoms with Crippen molar-refractivity contribution in [3.63, 3.8) is 0 Å². The molecule has 5 nitrogen and oxygen atoms in total. The van der Waals surface area contributed by atoms with Gasteiger partial charge in [-0.05, 0) is 37.1 Å². The Morgan fingerprint density at radius 2 is 2.17 bits per heavy atom. The monoisotopic (exact) mass is 315 g/mol. The number of halogens is 1. The Morgan fingerprint density at radius 1 is 1.30 bits per heavy atom. The van der Waals surface area contributed by atoms with Crippen molar-refractivity contribution in [1.82, 2.24) is 10.3 Å². The molecule has 0 radical (unpaired) electrons. The second kappa shape index (κ2) is 7.19. The van der Waals surface area contributed by atoms with Crippen molar-refractivity contribution in [2.75, 3.05) is 18.5 Å². The molecule has 0 bridgehead atoms. The van der Waals surface area contributed by atoms with E-state index in [2.05, 4.69) is 15.6 Å². The Labute approximate surface area is 133 Å². The van der Waals surface area contributed by atoms with E-state index in [4.69, 9.17) is 4.74 Å². The molecule has 0 saturated carbocycles. The van der Waals surface area contributed by atoms with E-state index in [1.165, 1.54) is 6.07 Å². The van der Waals surface area contributed by atoms with Crippen molar-refractivity contribution in [3.05, 3.63) is 54.0 Å². The zero-order valence-corrected chi connectivity index (χ0v) is 12.6. The molecule has 1 aromatic carbocycles. The lowest BCUT2D eigenvalue weighted by molar-refractivity contribution is 0.0858. The van der Waals surface area contributed by atoms with Gasteiger partial charge in [0.15, 0.2) is 0 Å². The highest BCUT2D eigenvalue weighted by Crippen LogP contribution is 2.21. The first kappa shape index (κ1) is 15.4. The molecule has 6 heteroatoms. The number of nitrogens with zero attached hydrogens (tertiary/aromatic N) is 1. The van der Waals surface area contributed by atoms with E-state index >= 15 is 0 Å². The van der Waals surface area contributed by atoms with E-state index < -0.39 is 5.82 Å². The maximum absolute atomic E-state index is 13.8. The van der Waals surface area contributed by atoms with Crippen LogP contribution in [0.25, 0.3) is 0 Å². The molecular weight excluding hydrogens is 297 g/mol. The average Bonchev–Trinajstić information content (AvgIpc) is 3.09. The third kappa shape index (κ3) is 3.84. The Balaban J connectivity index is 1.72. The summed E-state index contributed by atoms with van der Waals surface area (Å²) in [6.07, 6.45) is 3.60. The van der Waals surface area contributed by atoms with Crippen LogP contribution in [0.3, 0.4) is 0 Å². The van der Waals surface area contributed by atoms with E-state index in [9.17, 15) is 9.18 Å². The van der Waals surface area contributed by atoms with Crippen molar-refractivity contribution in [3.8, 4) is 0 Å². The number of carbonyl (C=O) groups is 1. The van der Waals surface area contributed by atoms with Gasteiger partial charge in [-0.1, -0.05) is 12.1 Å². The molecule has 0 spiro atoms. The van der Waals surface area contributed by atoms with E-state index in [0.717, 1.165) is 19.4 Å². The van der Waals surface area contributed by atoms with Crippen LogP contribution in [0.4, 0.5) is 15.9 Å². The lowest BCUT2D eigenvalue weighted by Crippen LogP contribution is -2.32. The summed E-state index contributed by atoms with van der Waals surface area (Å²) in [5.41, 5.74) is 0.646. The molecular formula is C17H18FN3O2. The number of amides is 1. The molecule has 23 heavy (non-hydrogen) atoms. The SMILES string of the molecule is O=C(NC[C@@H]1CCCO1)c1cccnc1Nc1ccccc1F. The zero-order chi connectivity index (χ0) is 16.1. The number of ether oxygens (including phenoxy) is 1. The Bertz CT molecular complexity index is 687. The Hall–Kier alpha value is -2.47. The molecule has 1 aliphatic heterocycles. The van der Waals surface area contributed by atoms with Gasteiger partial charge in [0.2, 0.25) is 0 Å². The van der Waals surface area contributed by atoms with Crippen molar-refractivity contribution < 1.29 is 13.9 Å². The number of para-hydroxylation sites is 1. The molecule has 3 rings (SSSR count). The number of rotatable bonds is 5. The number of benzene rings is 1. The van der Waals surface area contributed by atoms with Gasteiger partial charge in [0, 0.05) is 19.3 Å². The van der Waals surface area contributed by atoms with Gasteiger partial charge in [0.1, 0.15) is 11.6 Å². The molecule has 2 heterocycles. The van der Waals surface area contributed by atoms with E-state index in [1.54, 1.807) is 36.5 Å². The third-order valence-electron chi connectivity index (χ3n) is 3.69. The summed E-state index contributed by atoms with van der Waals surface area (Å²) in [6, 6.07) is 9.59. The van der Waals surface area contributed by atoms with Crippen LogP contribution >= 0.6 is 0 Å². The maximum Gasteiger partial charge on any atom is 0.255 e. The van der Waals surface area contributed by atoms with Crippen molar-refractivity contribution >= 4 is 17.4 Å². The second-order valence-electron chi connectivity index (χ2n) is 5.35. The normalized spacial score (nSPS) is 17.0. The maximum atomic E-state index is 13.8. The van der Waals surface area contributed by atoms with Gasteiger partial charge in [0.05, 0.1) is 17.4 Å². The van der Waals surface area contributed by atoms with Gasteiger partial charge in [-0.15, -0.1) is 0 Å². The van der Waals surface area contributed by atoms with E-state index in [1.807, 2.05) is 0 Å². The molecule has 0 aliphatic carbocycles. The predicted octanol–water partition coefficient (Wildman–Crippen LogP) is 2.87. The molecule has 1 atom stereocenters.